The molecule has 0 atom stereocenters. The molecule has 7 heteroatoms. The molecule has 3 aromatic rings. The van der Waals surface area contributed by atoms with Gasteiger partial charge in [0.25, 0.3) is 0 Å². The van der Waals surface area contributed by atoms with Crippen LogP contribution in [-0.2, 0) is 4.74 Å². The number of nitrogens with one attached hydrogen (secondary N) is 2. The van der Waals surface area contributed by atoms with Crippen molar-refractivity contribution >= 4 is 22.9 Å². The van der Waals surface area contributed by atoms with Gasteiger partial charge in [0.1, 0.15) is 12.3 Å². The van der Waals surface area contributed by atoms with Crippen LogP contribution in [0.3, 0.4) is 0 Å². The second-order valence-electron chi connectivity index (χ2n) is 6.84. The topological polar surface area (TPSA) is 80.8 Å². The van der Waals surface area contributed by atoms with Gasteiger partial charge in [0.2, 0.25) is 0 Å². The summed E-state index contributed by atoms with van der Waals surface area (Å²) in [6.07, 6.45) is 0. The Bertz CT molecular complexity index is 1070. The highest BCUT2D eigenvalue weighted by Gasteiger charge is 2.24. The van der Waals surface area contributed by atoms with Crippen molar-refractivity contribution in [2.75, 3.05) is 32.8 Å². The molecule has 0 fully saturated rings. The minimum Gasteiger partial charge on any atom is -0.493 e. The van der Waals surface area contributed by atoms with E-state index in [1.54, 1.807) is 14.2 Å². The van der Waals surface area contributed by atoms with Gasteiger partial charge in [-0.25, -0.2) is 4.99 Å². The smallest absolute Gasteiger partial charge is 0.178 e. The molecular weight excluding hydrogens is 368 g/mol. The van der Waals surface area contributed by atoms with Gasteiger partial charge in [0, 0.05) is 24.3 Å². The maximum atomic E-state index is 5.88. The van der Waals surface area contributed by atoms with Gasteiger partial charge in [-0.1, -0.05) is 24.3 Å². The predicted octanol–water partition coefficient (Wildman–Crippen LogP) is 4.29. The number of aliphatic imine (C=N–C) groups is 1. The number of aromatic nitrogens is 2. The van der Waals surface area contributed by atoms with Crippen LogP contribution >= 0.6 is 0 Å². The Morgan fingerprint density at radius 3 is 2.55 bits per heavy atom. The largest absolute Gasteiger partial charge is 0.493 e. The van der Waals surface area contributed by atoms with Gasteiger partial charge in [-0.3, -0.25) is 5.10 Å². The maximum absolute atomic E-state index is 5.88. The molecule has 7 nitrogen and oxygen atoms in total. The number of ether oxygens (including phenoxy) is 3. The Morgan fingerprint density at radius 1 is 0.966 bits per heavy atom. The number of hydrogen-bond donors (Lipinski definition) is 2. The molecule has 0 aliphatic carbocycles. The van der Waals surface area contributed by atoms with E-state index in [4.69, 9.17) is 19.2 Å². The summed E-state index contributed by atoms with van der Waals surface area (Å²) in [6.45, 7) is 4.96. The first-order valence-electron chi connectivity index (χ1n) is 9.43. The molecule has 2 N–H and O–H groups in total. The molecule has 0 amide bonds. The molecule has 0 radical (unpaired) electrons. The van der Waals surface area contributed by atoms with E-state index in [1.807, 2.05) is 31.2 Å². The molecule has 0 saturated heterocycles. The fourth-order valence-electron chi connectivity index (χ4n) is 3.36. The average molecular weight is 392 g/mol. The molecule has 1 aliphatic heterocycles. The molecule has 1 aliphatic rings. The summed E-state index contributed by atoms with van der Waals surface area (Å²) in [5, 5.41) is 10.8. The van der Waals surface area contributed by atoms with Crippen LogP contribution in [0.5, 0.6) is 11.5 Å². The standard InChI is InChI=1S/C22H24N4O3/c1-13-7-5-6-8-15(13)21-16-11-18(28-4)19(29-10-9-27-3)12-17(16)23-22-20(24-21)14(2)25-26-22/h5-8,11-12H,9-10H2,1-4H3,(H2,23,25,26). The number of aromatic amines is 1. The van der Waals surface area contributed by atoms with Gasteiger partial charge < -0.3 is 19.5 Å². The van der Waals surface area contributed by atoms with Crippen LogP contribution in [0.25, 0.3) is 0 Å². The number of aryl methyl sites for hydroxylation is 2. The third-order valence-electron chi connectivity index (χ3n) is 4.90. The lowest BCUT2D eigenvalue weighted by atomic mass is 9.96. The first-order valence-corrected chi connectivity index (χ1v) is 9.43. The molecule has 0 spiro atoms. The van der Waals surface area contributed by atoms with Crippen LogP contribution < -0.4 is 14.8 Å². The van der Waals surface area contributed by atoms with Gasteiger partial charge in [0.05, 0.1) is 30.8 Å². The number of methoxy groups -OCH3 is 2. The monoisotopic (exact) mass is 392 g/mol. The second-order valence-corrected chi connectivity index (χ2v) is 6.84. The lowest BCUT2D eigenvalue weighted by Gasteiger charge is -2.17. The van der Waals surface area contributed by atoms with Crippen molar-refractivity contribution in [1.29, 1.82) is 0 Å². The third kappa shape index (κ3) is 3.56. The zero-order valence-electron chi connectivity index (χ0n) is 17.0. The Morgan fingerprint density at radius 2 is 1.79 bits per heavy atom. The molecule has 2 heterocycles. The highest BCUT2D eigenvalue weighted by Crippen LogP contribution is 2.41. The molecule has 29 heavy (non-hydrogen) atoms. The minimum atomic E-state index is 0.428. The summed E-state index contributed by atoms with van der Waals surface area (Å²) >= 11 is 0. The fraction of sp³-hybridized carbons (Fsp3) is 0.273. The number of benzene rings is 2. The zero-order chi connectivity index (χ0) is 20.4. The number of nitrogens with zero attached hydrogens (tertiary/aromatic N) is 2. The summed E-state index contributed by atoms with van der Waals surface area (Å²) in [6, 6.07) is 12.1. The van der Waals surface area contributed by atoms with Crippen molar-refractivity contribution < 1.29 is 14.2 Å². The summed E-state index contributed by atoms with van der Waals surface area (Å²) in [7, 11) is 3.28. The Hall–Kier alpha value is -3.32. The SMILES string of the molecule is COCCOc1cc2c(cc1OC)C(c1ccccc1C)=Nc1c(n[nH]c1C)N2. The van der Waals surface area contributed by atoms with Crippen molar-refractivity contribution in [2.45, 2.75) is 13.8 Å². The van der Waals surface area contributed by atoms with Crippen molar-refractivity contribution in [2.24, 2.45) is 4.99 Å². The van der Waals surface area contributed by atoms with Gasteiger partial charge in [0.15, 0.2) is 17.3 Å². The summed E-state index contributed by atoms with van der Waals surface area (Å²) in [5.41, 5.74) is 6.52. The van der Waals surface area contributed by atoms with E-state index in [1.165, 1.54) is 0 Å². The molecule has 0 saturated carbocycles. The van der Waals surface area contributed by atoms with Gasteiger partial charge in [-0.05, 0) is 25.5 Å². The first-order chi connectivity index (χ1) is 14.1. The van der Waals surface area contributed by atoms with Crippen molar-refractivity contribution in [3.63, 3.8) is 0 Å². The minimum absolute atomic E-state index is 0.428. The Labute approximate surface area is 169 Å². The van der Waals surface area contributed by atoms with E-state index >= 15 is 0 Å². The Balaban J connectivity index is 1.91. The molecule has 0 bridgehead atoms. The Kier molecular flexibility index (Phi) is 5.22. The molecule has 0 unspecified atom stereocenters. The first kappa shape index (κ1) is 19.0. The van der Waals surface area contributed by atoms with E-state index in [0.717, 1.165) is 39.5 Å². The summed E-state index contributed by atoms with van der Waals surface area (Å²) in [4.78, 5) is 5.00. The van der Waals surface area contributed by atoms with Crippen LogP contribution in [-0.4, -0.2) is 43.3 Å². The summed E-state index contributed by atoms with van der Waals surface area (Å²) in [5.74, 6) is 1.96. The highest BCUT2D eigenvalue weighted by molar-refractivity contribution is 6.19. The number of rotatable bonds is 6. The van der Waals surface area contributed by atoms with Gasteiger partial charge in [-0.15, -0.1) is 0 Å². The van der Waals surface area contributed by atoms with E-state index in [-0.39, 0.29) is 0 Å². The molecule has 2 aromatic carbocycles. The quantitative estimate of drug-likeness (QED) is 0.479. The van der Waals surface area contributed by atoms with Crippen molar-refractivity contribution in [1.82, 2.24) is 10.2 Å². The third-order valence-corrected chi connectivity index (χ3v) is 4.90. The van der Waals surface area contributed by atoms with E-state index in [9.17, 15) is 0 Å². The molecular formula is C22H24N4O3. The molecule has 4 rings (SSSR count). The van der Waals surface area contributed by atoms with Crippen LogP contribution in [0.1, 0.15) is 22.4 Å². The van der Waals surface area contributed by atoms with Crippen LogP contribution in [0.2, 0.25) is 0 Å². The van der Waals surface area contributed by atoms with E-state index in [0.29, 0.717) is 30.5 Å². The normalized spacial score (nSPS) is 12.3. The lowest BCUT2D eigenvalue weighted by Crippen LogP contribution is -2.10. The number of H-pyrrole nitrogens is 1. The van der Waals surface area contributed by atoms with Gasteiger partial charge >= 0.3 is 0 Å². The lowest BCUT2D eigenvalue weighted by molar-refractivity contribution is 0.144. The van der Waals surface area contributed by atoms with Crippen LogP contribution in [0, 0.1) is 13.8 Å². The van der Waals surface area contributed by atoms with E-state index in [2.05, 4.69) is 34.6 Å². The predicted molar refractivity (Wildman–Crippen MR) is 113 cm³/mol. The highest BCUT2D eigenvalue weighted by atomic mass is 16.5. The van der Waals surface area contributed by atoms with E-state index < -0.39 is 0 Å². The van der Waals surface area contributed by atoms with Crippen molar-refractivity contribution in [3.8, 4) is 11.5 Å². The number of hydrogen-bond acceptors (Lipinski definition) is 6. The van der Waals surface area contributed by atoms with Crippen LogP contribution in [0.15, 0.2) is 41.4 Å². The second kappa shape index (κ2) is 7.97. The zero-order valence-corrected chi connectivity index (χ0v) is 17.0. The van der Waals surface area contributed by atoms with Gasteiger partial charge in [-0.2, -0.15) is 5.10 Å². The number of anilines is 2. The van der Waals surface area contributed by atoms with Crippen molar-refractivity contribution in [3.05, 3.63) is 58.8 Å². The summed E-state index contributed by atoms with van der Waals surface area (Å²) < 4.78 is 16.6. The van der Waals surface area contributed by atoms with Crippen LogP contribution in [0.4, 0.5) is 17.2 Å². The number of fused-ring (bicyclic) bond motifs is 2. The average Bonchev–Trinajstić information content (AvgIpc) is 2.98. The molecule has 150 valence electrons. The molecule has 1 aromatic heterocycles. The fourth-order valence-corrected chi connectivity index (χ4v) is 3.36. The maximum Gasteiger partial charge on any atom is 0.178 e.